The standard InChI is InChI=1S/C22H30N2O2/c1-16(2)19-8-11-23(21(25)13-19)10-4-5-17(3)20-9-12-24(22(26)14-20)15-18-6-7-18/h8-9,11-14,16-18H,4-7,10,15H2,1-3H3. The fraction of sp³-hybridized carbons (Fsp3) is 0.545. The first-order valence-corrected chi connectivity index (χ1v) is 9.85. The van der Waals surface area contributed by atoms with Gasteiger partial charge in [-0.05, 0) is 66.7 Å². The van der Waals surface area contributed by atoms with Crippen molar-refractivity contribution in [2.24, 2.45) is 5.92 Å². The first-order chi connectivity index (χ1) is 12.4. The third-order valence-corrected chi connectivity index (χ3v) is 5.46. The summed E-state index contributed by atoms with van der Waals surface area (Å²) in [6.07, 6.45) is 8.24. The van der Waals surface area contributed by atoms with E-state index in [2.05, 4.69) is 26.8 Å². The van der Waals surface area contributed by atoms with Gasteiger partial charge in [0.2, 0.25) is 0 Å². The maximum atomic E-state index is 12.3. The summed E-state index contributed by atoms with van der Waals surface area (Å²) in [6.45, 7) is 7.94. The van der Waals surface area contributed by atoms with Crippen LogP contribution in [0.5, 0.6) is 0 Å². The van der Waals surface area contributed by atoms with Crippen LogP contribution in [0.4, 0.5) is 0 Å². The molecule has 0 amide bonds. The lowest BCUT2D eigenvalue weighted by molar-refractivity contribution is 0.547. The molecule has 0 aromatic carbocycles. The molecule has 140 valence electrons. The first-order valence-electron chi connectivity index (χ1n) is 9.85. The monoisotopic (exact) mass is 354 g/mol. The van der Waals surface area contributed by atoms with Crippen LogP contribution in [0.1, 0.15) is 69.4 Å². The molecule has 1 fully saturated rings. The summed E-state index contributed by atoms with van der Waals surface area (Å²) in [5, 5.41) is 0. The van der Waals surface area contributed by atoms with Gasteiger partial charge in [0.15, 0.2) is 0 Å². The van der Waals surface area contributed by atoms with Gasteiger partial charge >= 0.3 is 0 Å². The largest absolute Gasteiger partial charge is 0.316 e. The Kier molecular flexibility index (Phi) is 5.80. The molecule has 1 saturated carbocycles. The quantitative estimate of drug-likeness (QED) is 0.715. The fourth-order valence-electron chi connectivity index (χ4n) is 3.36. The summed E-state index contributed by atoms with van der Waals surface area (Å²) in [5.41, 5.74) is 2.38. The maximum Gasteiger partial charge on any atom is 0.250 e. The van der Waals surface area contributed by atoms with Crippen LogP contribution >= 0.6 is 0 Å². The van der Waals surface area contributed by atoms with Gasteiger partial charge in [0, 0.05) is 37.6 Å². The number of hydrogen-bond acceptors (Lipinski definition) is 2. The minimum atomic E-state index is 0.0755. The van der Waals surface area contributed by atoms with Crippen LogP contribution in [-0.4, -0.2) is 9.13 Å². The van der Waals surface area contributed by atoms with Crippen molar-refractivity contribution in [1.29, 1.82) is 0 Å². The van der Waals surface area contributed by atoms with Gasteiger partial charge < -0.3 is 9.13 Å². The molecular formula is C22H30N2O2. The molecule has 3 rings (SSSR count). The van der Waals surface area contributed by atoms with E-state index in [9.17, 15) is 9.59 Å². The molecule has 1 atom stereocenters. The van der Waals surface area contributed by atoms with Crippen molar-refractivity contribution in [2.75, 3.05) is 0 Å². The molecule has 2 aromatic rings. The third-order valence-electron chi connectivity index (χ3n) is 5.46. The van der Waals surface area contributed by atoms with E-state index in [0.29, 0.717) is 17.8 Å². The lowest BCUT2D eigenvalue weighted by Gasteiger charge is -2.14. The molecule has 1 aliphatic carbocycles. The first kappa shape index (κ1) is 18.7. The van der Waals surface area contributed by atoms with E-state index in [4.69, 9.17) is 0 Å². The minimum Gasteiger partial charge on any atom is -0.316 e. The van der Waals surface area contributed by atoms with Crippen molar-refractivity contribution in [2.45, 2.75) is 71.4 Å². The van der Waals surface area contributed by atoms with Crippen molar-refractivity contribution < 1.29 is 0 Å². The average molecular weight is 354 g/mol. The highest BCUT2D eigenvalue weighted by atomic mass is 16.1. The predicted molar refractivity (Wildman–Crippen MR) is 106 cm³/mol. The van der Waals surface area contributed by atoms with Gasteiger partial charge in [-0.2, -0.15) is 0 Å². The molecule has 2 aromatic heterocycles. The Hall–Kier alpha value is -2.10. The van der Waals surface area contributed by atoms with Gasteiger partial charge in [-0.3, -0.25) is 9.59 Å². The average Bonchev–Trinajstić information content (AvgIpc) is 3.42. The van der Waals surface area contributed by atoms with Gasteiger partial charge in [-0.1, -0.05) is 20.8 Å². The normalized spacial score (nSPS) is 15.4. The molecule has 0 saturated heterocycles. The van der Waals surface area contributed by atoms with Crippen LogP contribution < -0.4 is 11.1 Å². The Labute approximate surface area is 155 Å². The van der Waals surface area contributed by atoms with Crippen molar-refractivity contribution >= 4 is 0 Å². The number of aromatic nitrogens is 2. The molecule has 0 bridgehead atoms. The predicted octanol–water partition coefficient (Wildman–Crippen LogP) is 4.13. The summed E-state index contributed by atoms with van der Waals surface area (Å²) in [4.78, 5) is 24.4. The van der Waals surface area contributed by atoms with E-state index >= 15 is 0 Å². The highest BCUT2D eigenvalue weighted by Crippen LogP contribution is 2.30. The van der Waals surface area contributed by atoms with Gasteiger partial charge in [0.1, 0.15) is 0 Å². The molecular weight excluding hydrogens is 324 g/mol. The molecule has 1 unspecified atom stereocenters. The second-order valence-electron chi connectivity index (χ2n) is 8.08. The van der Waals surface area contributed by atoms with Crippen molar-refractivity contribution in [1.82, 2.24) is 9.13 Å². The minimum absolute atomic E-state index is 0.0755. The highest BCUT2D eigenvalue weighted by molar-refractivity contribution is 5.16. The molecule has 0 aliphatic heterocycles. The highest BCUT2D eigenvalue weighted by Gasteiger charge is 2.22. The molecule has 4 heteroatoms. The molecule has 1 aliphatic rings. The SMILES string of the molecule is CC(C)c1ccn(CCCC(C)c2ccn(CC3CC3)c(=O)c2)c(=O)c1. The number of pyridine rings is 2. The third kappa shape index (κ3) is 4.75. The van der Waals surface area contributed by atoms with E-state index in [-0.39, 0.29) is 11.1 Å². The summed E-state index contributed by atoms with van der Waals surface area (Å²) >= 11 is 0. The van der Waals surface area contributed by atoms with Gasteiger partial charge in [0.05, 0.1) is 0 Å². The summed E-state index contributed by atoms with van der Waals surface area (Å²) in [6, 6.07) is 7.65. The second-order valence-corrected chi connectivity index (χ2v) is 8.08. The smallest absolute Gasteiger partial charge is 0.250 e. The maximum absolute atomic E-state index is 12.3. The Morgan fingerprint density at radius 2 is 1.58 bits per heavy atom. The second kappa shape index (κ2) is 8.07. The number of rotatable bonds is 8. The molecule has 4 nitrogen and oxygen atoms in total. The Balaban J connectivity index is 1.55. The van der Waals surface area contributed by atoms with Crippen LogP contribution in [0.3, 0.4) is 0 Å². The summed E-state index contributed by atoms with van der Waals surface area (Å²) in [7, 11) is 0. The van der Waals surface area contributed by atoms with E-state index in [1.807, 2.05) is 23.0 Å². The Morgan fingerprint density at radius 3 is 2.19 bits per heavy atom. The van der Waals surface area contributed by atoms with E-state index in [0.717, 1.165) is 37.1 Å². The number of hydrogen-bond donors (Lipinski definition) is 0. The Morgan fingerprint density at radius 1 is 0.962 bits per heavy atom. The lowest BCUT2D eigenvalue weighted by Crippen LogP contribution is -2.21. The van der Waals surface area contributed by atoms with Crippen molar-refractivity contribution in [3.05, 3.63) is 68.5 Å². The number of nitrogens with zero attached hydrogens (tertiary/aromatic N) is 2. The van der Waals surface area contributed by atoms with E-state index in [1.54, 1.807) is 16.7 Å². The van der Waals surface area contributed by atoms with E-state index < -0.39 is 0 Å². The number of aryl methyl sites for hydroxylation is 1. The fourth-order valence-corrected chi connectivity index (χ4v) is 3.36. The zero-order valence-electron chi connectivity index (χ0n) is 16.1. The van der Waals surface area contributed by atoms with Crippen molar-refractivity contribution in [3.8, 4) is 0 Å². The van der Waals surface area contributed by atoms with Gasteiger partial charge in [-0.25, -0.2) is 0 Å². The lowest BCUT2D eigenvalue weighted by atomic mass is 9.97. The van der Waals surface area contributed by atoms with Crippen molar-refractivity contribution in [3.63, 3.8) is 0 Å². The van der Waals surface area contributed by atoms with Gasteiger partial charge in [0.25, 0.3) is 11.1 Å². The summed E-state index contributed by atoms with van der Waals surface area (Å²) < 4.78 is 3.62. The van der Waals surface area contributed by atoms with E-state index in [1.165, 1.54) is 12.8 Å². The molecule has 26 heavy (non-hydrogen) atoms. The van der Waals surface area contributed by atoms with Crippen LogP contribution in [0.15, 0.2) is 46.2 Å². The van der Waals surface area contributed by atoms with Gasteiger partial charge in [-0.15, -0.1) is 0 Å². The molecule has 0 spiro atoms. The van der Waals surface area contributed by atoms with Crippen LogP contribution in [0.25, 0.3) is 0 Å². The molecule has 0 radical (unpaired) electrons. The molecule has 0 N–H and O–H groups in total. The zero-order chi connectivity index (χ0) is 18.7. The van der Waals surface area contributed by atoms with Crippen LogP contribution in [-0.2, 0) is 13.1 Å². The van der Waals surface area contributed by atoms with Crippen LogP contribution in [0.2, 0.25) is 0 Å². The van der Waals surface area contributed by atoms with Crippen LogP contribution in [0, 0.1) is 5.92 Å². The summed E-state index contributed by atoms with van der Waals surface area (Å²) in [5.74, 6) is 1.40. The topological polar surface area (TPSA) is 44.0 Å². The Bertz CT molecular complexity index is 859. The molecule has 2 heterocycles. The zero-order valence-corrected chi connectivity index (χ0v) is 16.1.